The highest BCUT2D eigenvalue weighted by Crippen LogP contribution is 2.17. The molecule has 0 fully saturated rings. The summed E-state index contributed by atoms with van der Waals surface area (Å²) in [4.78, 5) is 38.4. The predicted octanol–water partition coefficient (Wildman–Crippen LogP) is 23.8. The smallest absolute Gasteiger partial charge is 0.306 e. The van der Waals surface area contributed by atoms with E-state index < -0.39 is 6.10 Å². The maximum Gasteiger partial charge on any atom is 0.306 e. The summed E-state index contributed by atoms with van der Waals surface area (Å²) in [6.07, 6.45) is 90.4. The van der Waals surface area contributed by atoms with E-state index in [0.717, 1.165) is 109 Å². The molecule has 0 saturated heterocycles. The summed E-state index contributed by atoms with van der Waals surface area (Å²) in [5.74, 6) is -0.889. The van der Waals surface area contributed by atoms with Gasteiger partial charge >= 0.3 is 17.9 Å². The van der Waals surface area contributed by atoms with Crippen LogP contribution in [0.25, 0.3) is 0 Å². The number of esters is 3. The Labute approximate surface area is 496 Å². The number of hydrogen-bond donors (Lipinski definition) is 0. The van der Waals surface area contributed by atoms with Gasteiger partial charge in [-0.2, -0.15) is 0 Å². The maximum atomic E-state index is 12.9. The maximum absolute atomic E-state index is 12.9. The van der Waals surface area contributed by atoms with Crippen LogP contribution in [0, 0.1) is 0 Å². The Hall–Kier alpha value is -3.41. The van der Waals surface area contributed by atoms with Crippen molar-refractivity contribution in [3.05, 3.63) is 85.1 Å². The molecule has 0 aliphatic carbocycles. The quantitative estimate of drug-likeness (QED) is 0.0261. The minimum atomic E-state index is -0.788. The van der Waals surface area contributed by atoms with Crippen molar-refractivity contribution in [2.75, 3.05) is 13.2 Å². The summed E-state index contributed by atoms with van der Waals surface area (Å²) in [6.45, 7) is 6.54. The molecule has 0 aromatic heterocycles. The average molecular weight is 1120 g/mol. The zero-order valence-electron chi connectivity index (χ0n) is 53.1. The SMILES string of the molecule is CC/C=C\C/C=C\C/C=C\C/C=C\CCCCCCC(=O)OC(COC(=O)CCCCCCCCCCCCCCCC)COC(=O)CCCCCCCCCCCCCCCCCC/C=C\C/C=C\C/C=C\CCCCCCC. The fourth-order valence-electron chi connectivity index (χ4n) is 9.97. The molecule has 0 spiro atoms. The van der Waals surface area contributed by atoms with E-state index in [1.54, 1.807) is 0 Å². The Kier molecular flexibility index (Phi) is 65.2. The number of allylic oxidation sites excluding steroid dienone is 14. The van der Waals surface area contributed by atoms with E-state index in [0.29, 0.717) is 19.3 Å². The van der Waals surface area contributed by atoms with Crippen LogP contribution in [0.3, 0.4) is 0 Å². The van der Waals surface area contributed by atoms with Gasteiger partial charge in [0.1, 0.15) is 13.2 Å². The Balaban J connectivity index is 4.23. The van der Waals surface area contributed by atoms with Crippen LogP contribution in [0.1, 0.15) is 348 Å². The lowest BCUT2D eigenvalue weighted by Gasteiger charge is -2.18. The van der Waals surface area contributed by atoms with Gasteiger partial charge in [-0.1, -0.05) is 318 Å². The monoisotopic (exact) mass is 1110 g/mol. The standard InChI is InChI=1S/C74H130O6/c1-4-7-10-13-16-19-22-25-28-30-31-32-33-34-35-36-37-38-39-40-41-42-43-45-46-49-52-55-58-61-64-67-73(76)79-70-71(69-78-72(75)66-63-60-57-54-51-48-27-24-21-18-15-12-9-6-3)80-74(77)68-65-62-59-56-53-50-47-44-29-26-23-20-17-14-11-8-5-2/h8,11,17,20,22,25-26,29-31,33-34,47,50,71H,4-7,9-10,12-16,18-19,21,23-24,27-28,32,35-46,48-49,51-70H2,1-3H3/b11-8-,20-17-,25-22-,29-26-,31-30-,34-33-,50-47-. The zero-order valence-corrected chi connectivity index (χ0v) is 53.1. The number of carbonyl (C=O) groups is 3. The van der Waals surface area contributed by atoms with E-state index in [1.807, 2.05) is 0 Å². The molecule has 1 atom stereocenters. The van der Waals surface area contributed by atoms with E-state index in [2.05, 4.69) is 106 Å². The molecule has 0 rings (SSSR count). The first-order chi connectivity index (χ1) is 39.5. The Morgan fingerprint density at radius 1 is 0.263 bits per heavy atom. The summed E-state index contributed by atoms with van der Waals surface area (Å²) in [7, 11) is 0. The van der Waals surface area contributed by atoms with Gasteiger partial charge in [0.05, 0.1) is 0 Å². The lowest BCUT2D eigenvalue weighted by atomic mass is 10.0. The van der Waals surface area contributed by atoms with Crippen LogP contribution in [-0.4, -0.2) is 37.2 Å². The lowest BCUT2D eigenvalue weighted by Crippen LogP contribution is -2.30. The molecular weight excluding hydrogens is 985 g/mol. The summed E-state index contributed by atoms with van der Waals surface area (Å²) in [5, 5.41) is 0. The van der Waals surface area contributed by atoms with Crippen LogP contribution in [0.4, 0.5) is 0 Å². The molecule has 0 aromatic rings. The Morgan fingerprint density at radius 3 is 0.762 bits per heavy atom. The summed E-state index contributed by atoms with van der Waals surface area (Å²) >= 11 is 0. The first kappa shape index (κ1) is 76.6. The molecule has 6 heteroatoms. The molecule has 0 amide bonds. The normalized spacial score (nSPS) is 12.6. The van der Waals surface area contributed by atoms with Crippen molar-refractivity contribution in [2.45, 2.75) is 354 Å². The minimum Gasteiger partial charge on any atom is -0.462 e. The zero-order chi connectivity index (χ0) is 57.8. The van der Waals surface area contributed by atoms with Crippen molar-refractivity contribution in [3.8, 4) is 0 Å². The van der Waals surface area contributed by atoms with Crippen molar-refractivity contribution in [2.24, 2.45) is 0 Å². The molecule has 0 N–H and O–H groups in total. The van der Waals surface area contributed by atoms with E-state index in [9.17, 15) is 14.4 Å². The largest absolute Gasteiger partial charge is 0.462 e. The van der Waals surface area contributed by atoms with Gasteiger partial charge in [0.15, 0.2) is 6.10 Å². The third-order valence-corrected chi connectivity index (χ3v) is 15.1. The molecule has 80 heavy (non-hydrogen) atoms. The lowest BCUT2D eigenvalue weighted by molar-refractivity contribution is -0.167. The van der Waals surface area contributed by atoms with Crippen LogP contribution >= 0.6 is 0 Å². The molecule has 0 aromatic carbocycles. The highest BCUT2D eigenvalue weighted by Gasteiger charge is 2.19. The van der Waals surface area contributed by atoms with Gasteiger partial charge < -0.3 is 14.2 Å². The molecule has 6 nitrogen and oxygen atoms in total. The summed E-state index contributed by atoms with van der Waals surface area (Å²) in [6, 6.07) is 0. The molecule has 462 valence electrons. The highest BCUT2D eigenvalue weighted by atomic mass is 16.6. The second-order valence-electron chi connectivity index (χ2n) is 23.1. The predicted molar refractivity (Wildman–Crippen MR) is 348 cm³/mol. The molecule has 1 unspecified atom stereocenters. The van der Waals surface area contributed by atoms with Gasteiger partial charge in [-0.15, -0.1) is 0 Å². The first-order valence-corrected chi connectivity index (χ1v) is 34.6. The van der Waals surface area contributed by atoms with E-state index in [1.165, 1.54) is 199 Å². The number of hydrogen-bond acceptors (Lipinski definition) is 6. The molecule has 0 aliphatic rings. The summed E-state index contributed by atoms with van der Waals surface area (Å²) < 4.78 is 16.9. The van der Waals surface area contributed by atoms with E-state index in [4.69, 9.17) is 14.2 Å². The first-order valence-electron chi connectivity index (χ1n) is 34.6. The van der Waals surface area contributed by atoms with Crippen molar-refractivity contribution in [1.29, 1.82) is 0 Å². The van der Waals surface area contributed by atoms with Gasteiger partial charge in [0, 0.05) is 19.3 Å². The number of ether oxygens (including phenoxy) is 3. The minimum absolute atomic E-state index is 0.0825. The van der Waals surface area contributed by atoms with Gasteiger partial charge in [-0.05, 0) is 96.3 Å². The number of carbonyl (C=O) groups excluding carboxylic acids is 3. The fourth-order valence-corrected chi connectivity index (χ4v) is 9.97. The number of rotatable bonds is 63. The average Bonchev–Trinajstić information content (AvgIpc) is 3.46. The molecular formula is C74H130O6. The van der Waals surface area contributed by atoms with Crippen LogP contribution in [0.2, 0.25) is 0 Å². The Bertz CT molecular complexity index is 1520. The van der Waals surface area contributed by atoms with Crippen molar-refractivity contribution in [1.82, 2.24) is 0 Å². The van der Waals surface area contributed by atoms with Gasteiger partial charge in [0.25, 0.3) is 0 Å². The molecule has 0 saturated carbocycles. The van der Waals surface area contributed by atoms with Crippen molar-refractivity contribution >= 4 is 17.9 Å². The molecule has 0 heterocycles. The third-order valence-electron chi connectivity index (χ3n) is 15.1. The van der Waals surface area contributed by atoms with E-state index in [-0.39, 0.29) is 31.1 Å². The second kappa shape index (κ2) is 68.1. The second-order valence-corrected chi connectivity index (χ2v) is 23.1. The Morgan fingerprint density at radius 2 is 0.487 bits per heavy atom. The summed E-state index contributed by atoms with van der Waals surface area (Å²) in [5.41, 5.74) is 0. The number of unbranched alkanes of at least 4 members (excludes halogenated alkanes) is 38. The van der Waals surface area contributed by atoms with Crippen LogP contribution < -0.4 is 0 Å². The molecule has 0 radical (unpaired) electrons. The van der Waals surface area contributed by atoms with E-state index >= 15 is 0 Å². The molecule has 0 bridgehead atoms. The van der Waals surface area contributed by atoms with Crippen LogP contribution in [0.15, 0.2) is 85.1 Å². The molecule has 0 aliphatic heterocycles. The van der Waals surface area contributed by atoms with Crippen molar-refractivity contribution < 1.29 is 28.6 Å². The van der Waals surface area contributed by atoms with Gasteiger partial charge in [-0.3, -0.25) is 14.4 Å². The van der Waals surface area contributed by atoms with Gasteiger partial charge in [-0.25, -0.2) is 0 Å². The van der Waals surface area contributed by atoms with Crippen molar-refractivity contribution in [3.63, 3.8) is 0 Å². The van der Waals surface area contributed by atoms with Crippen LogP contribution in [0.5, 0.6) is 0 Å². The third kappa shape index (κ3) is 65.4. The fraction of sp³-hybridized carbons (Fsp3) is 0.770. The highest BCUT2D eigenvalue weighted by molar-refractivity contribution is 5.71. The van der Waals surface area contributed by atoms with Gasteiger partial charge in [0.2, 0.25) is 0 Å². The van der Waals surface area contributed by atoms with Crippen LogP contribution in [-0.2, 0) is 28.6 Å². The topological polar surface area (TPSA) is 78.9 Å².